The maximum atomic E-state index is 13.3. The highest BCUT2D eigenvalue weighted by Crippen LogP contribution is 2.38. The van der Waals surface area contributed by atoms with Crippen molar-refractivity contribution in [2.45, 2.75) is 29.7 Å². The van der Waals surface area contributed by atoms with E-state index in [1.807, 2.05) is 54.6 Å². The fourth-order valence-corrected chi connectivity index (χ4v) is 6.22. The van der Waals surface area contributed by atoms with Crippen molar-refractivity contribution in [3.8, 4) is 11.5 Å². The van der Waals surface area contributed by atoms with Gasteiger partial charge in [-0.05, 0) is 25.0 Å². The first-order chi connectivity index (χ1) is 16.5. The molecule has 3 amide bonds. The van der Waals surface area contributed by atoms with Crippen molar-refractivity contribution >= 4 is 44.7 Å². The van der Waals surface area contributed by atoms with E-state index in [2.05, 4.69) is 20.3 Å². The van der Waals surface area contributed by atoms with Gasteiger partial charge in [-0.25, -0.2) is 13.7 Å². The van der Waals surface area contributed by atoms with Crippen LogP contribution in [0.2, 0.25) is 0 Å². The van der Waals surface area contributed by atoms with Gasteiger partial charge in [-0.1, -0.05) is 48.9 Å². The van der Waals surface area contributed by atoms with Crippen LogP contribution in [0.15, 0.2) is 70.1 Å². The van der Waals surface area contributed by atoms with E-state index in [1.165, 1.54) is 0 Å². The highest BCUT2D eigenvalue weighted by molar-refractivity contribution is 7.83. The molecule has 3 N–H and O–H groups in total. The van der Waals surface area contributed by atoms with Crippen molar-refractivity contribution in [3.63, 3.8) is 0 Å². The minimum atomic E-state index is -1.56. The Labute approximate surface area is 197 Å². The zero-order valence-corrected chi connectivity index (χ0v) is 19.0. The highest BCUT2D eigenvalue weighted by Gasteiger charge is 2.54. The molecular formula is C25H22N4O4S. The minimum absolute atomic E-state index is 0.142. The zero-order valence-electron chi connectivity index (χ0n) is 18.2. The molecule has 2 aromatic heterocycles. The first-order valence-electron chi connectivity index (χ1n) is 11.2. The third-order valence-electron chi connectivity index (χ3n) is 6.87. The van der Waals surface area contributed by atoms with Gasteiger partial charge in [0.15, 0.2) is 5.76 Å². The Morgan fingerprint density at radius 2 is 1.91 bits per heavy atom. The summed E-state index contributed by atoms with van der Waals surface area (Å²) in [6.45, 7) is 0.333. The van der Waals surface area contributed by atoms with E-state index < -0.39 is 22.6 Å². The number of nitrogens with one attached hydrogen (secondary N) is 3. The van der Waals surface area contributed by atoms with Crippen LogP contribution >= 0.6 is 0 Å². The number of pyridine rings is 1. The molecule has 3 heterocycles. The van der Waals surface area contributed by atoms with Crippen LogP contribution in [0.3, 0.4) is 0 Å². The van der Waals surface area contributed by atoms with Gasteiger partial charge >= 0.3 is 6.03 Å². The van der Waals surface area contributed by atoms with E-state index in [4.69, 9.17) is 4.42 Å². The lowest BCUT2D eigenvalue weighted by molar-refractivity contribution is -0.125. The smallest absolute Gasteiger partial charge is 0.322 e. The van der Waals surface area contributed by atoms with Crippen LogP contribution in [-0.4, -0.2) is 33.2 Å². The highest BCUT2D eigenvalue weighted by atomic mass is 32.2. The second kappa shape index (κ2) is 8.03. The van der Waals surface area contributed by atoms with Crippen molar-refractivity contribution in [1.82, 2.24) is 20.3 Å². The number of nitrogens with zero attached hydrogens (tertiary/aromatic N) is 1. The summed E-state index contributed by atoms with van der Waals surface area (Å²) in [5, 5.41) is 7.79. The van der Waals surface area contributed by atoms with Crippen LogP contribution in [0.5, 0.6) is 0 Å². The molecule has 2 aliphatic rings. The molecule has 0 bridgehead atoms. The molecule has 1 spiro atoms. The SMILES string of the molecule is O=C1NC(=O)C2(CCCC2CNS(=O)c2cnc(-c3cc4ccccc4o3)c3ccccc23)N1. The van der Waals surface area contributed by atoms with Gasteiger partial charge in [-0.15, -0.1) is 0 Å². The number of carbonyl (C=O) groups excluding carboxylic acids is 2. The van der Waals surface area contributed by atoms with Gasteiger partial charge in [0.2, 0.25) is 0 Å². The summed E-state index contributed by atoms with van der Waals surface area (Å²) in [6.07, 6.45) is 3.79. The van der Waals surface area contributed by atoms with Crippen LogP contribution in [0.25, 0.3) is 33.2 Å². The van der Waals surface area contributed by atoms with Gasteiger partial charge < -0.3 is 9.73 Å². The number of hydrogen-bond donors (Lipinski definition) is 3. The van der Waals surface area contributed by atoms with Gasteiger partial charge in [-0.2, -0.15) is 0 Å². The topological polar surface area (TPSA) is 113 Å². The second-order valence-corrected chi connectivity index (χ2v) is 10.0. The number of hydrogen-bond acceptors (Lipinski definition) is 5. The average Bonchev–Trinajstić information content (AvgIpc) is 3.53. The van der Waals surface area contributed by atoms with Crippen molar-refractivity contribution in [2.75, 3.05) is 6.54 Å². The van der Waals surface area contributed by atoms with Crippen molar-refractivity contribution in [2.24, 2.45) is 5.92 Å². The maximum Gasteiger partial charge on any atom is 0.322 e. The molecule has 0 radical (unpaired) electrons. The molecule has 1 saturated carbocycles. The van der Waals surface area contributed by atoms with E-state index in [-0.39, 0.29) is 11.8 Å². The zero-order chi connectivity index (χ0) is 23.3. The quantitative estimate of drug-likeness (QED) is 0.382. The Morgan fingerprint density at radius 3 is 2.71 bits per heavy atom. The van der Waals surface area contributed by atoms with E-state index in [9.17, 15) is 13.8 Å². The first kappa shape index (κ1) is 21.0. The van der Waals surface area contributed by atoms with Crippen LogP contribution < -0.4 is 15.4 Å². The van der Waals surface area contributed by atoms with Crippen LogP contribution in [0.4, 0.5) is 4.79 Å². The fourth-order valence-electron chi connectivity index (χ4n) is 5.19. The number of rotatable bonds is 5. The number of amides is 3. The molecule has 3 atom stereocenters. The summed E-state index contributed by atoms with van der Waals surface area (Å²) in [6, 6.07) is 17.0. The molecule has 6 rings (SSSR count). The molecule has 4 aromatic rings. The van der Waals surface area contributed by atoms with Gasteiger partial charge in [0.05, 0.1) is 4.90 Å². The monoisotopic (exact) mass is 474 g/mol. The Kier molecular flexibility index (Phi) is 4.96. The van der Waals surface area contributed by atoms with E-state index >= 15 is 0 Å². The predicted octanol–water partition coefficient (Wildman–Crippen LogP) is 3.64. The molecule has 2 aromatic carbocycles. The molecule has 34 heavy (non-hydrogen) atoms. The summed E-state index contributed by atoms with van der Waals surface area (Å²) in [5.41, 5.74) is 0.554. The Balaban J connectivity index is 1.29. The van der Waals surface area contributed by atoms with E-state index in [0.717, 1.165) is 34.6 Å². The van der Waals surface area contributed by atoms with Crippen molar-refractivity contribution in [1.29, 1.82) is 0 Å². The van der Waals surface area contributed by atoms with Crippen LogP contribution in [-0.2, 0) is 15.8 Å². The summed E-state index contributed by atoms with van der Waals surface area (Å²) in [7, 11) is -1.56. The molecule has 172 valence electrons. The standard InChI is InChI=1S/C25H22N4O4S/c30-23-25(29-24(31)28-23)11-5-7-16(25)13-27-34(32)21-14-26-22(18-9-3-2-8-17(18)21)20-12-15-6-1-4-10-19(15)33-20/h1-4,6,8-10,12,14,16,27H,5,7,11,13H2,(H2,28,29,30,31). The summed E-state index contributed by atoms with van der Waals surface area (Å²) < 4.78 is 22.4. The number of fused-ring (bicyclic) bond motifs is 2. The predicted molar refractivity (Wildman–Crippen MR) is 128 cm³/mol. The normalized spacial score (nSPS) is 23.0. The lowest BCUT2D eigenvalue weighted by Gasteiger charge is -2.28. The third kappa shape index (κ3) is 3.31. The number of urea groups is 1. The second-order valence-electron chi connectivity index (χ2n) is 8.75. The molecule has 3 unspecified atom stereocenters. The Morgan fingerprint density at radius 1 is 1.12 bits per heavy atom. The van der Waals surface area contributed by atoms with Crippen molar-refractivity contribution in [3.05, 3.63) is 60.8 Å². The van der Waals surface area contributed by atoms with E-state index in [1.54, 1.807) is 6.20 Å². The number of aromatic nitrogens is 1. The molecule has 1 aliphatic heterocycles. The van der Waals surface area contributed by atoms with Crippen molar-refractivity contribution < 1.29 is 18.2 Å². The Hall–Kier alpha value is -3.56. The van der Waals surface area contributed by atoms with Crippen LogP contribution in [0.1, 0.15) is 19.3 Å². The molecule has 9 heteroatoms. The number of para-hydroxylation sites is 1. The fraction of sp³-hybridized carbons (Fsp3) is 0.240. The largest absolute Gasteiger partial charge is 0.454 e. The Bertz CT molecular complexity index is 1450. The number of furan rings is 1. The van der Waals surface area contributed by atoms with Gasteiger partial charge in [-0.3, -0.25) is 15.1 Å². The number of imide groups is 1. The van der Waals surface area contributed by atoms with Crippen LogP contribution in [0, 0.1) is 5.92 Å². The lowest BCUT2D eigenvalue weighted by Crippen LogP contribution is -2.52. The lowest BCUT2D eigenvalue weighted by atomic mass is 9.87. The molecule has 1 saturated heterocycles. The summed E-state index contributed by atoms with van der Waals surface area (Å²) in [4.78, 5) is 29.3. The van der Waals surface area contributed by atoms with Gasteiger partial charge in [0.25, 0.3) is 5.91 Å². The van der Waals surface area contributed by atoms with Gasteiger partial charge in [0.1, 0.15) is 27.8 Å². The minimum Gasteiger partial charge on any atom is -0.454 e. The molecule has 2 fully saturated rings. The maximum absolute atomic E-state index is 13.3. The molecule has 1 aliphatic carbocycles. The summed E-state index contributed by atoms with van der Waals surface area (Å²) in [5.74, 6) is 0.213. The van der Waals surface area contributed by atoms with E-state index in [0.29, 0.717) is 29.3 Å². The third-order valence-corrected chi connectivity index (χ3v) is 8.02. The number of benzene rings is 2. The summed E-state index contributed by atoms with van der Waals surface area (Å²) >= 11 is 0. The molecule has 8 nitrogen and oxygen atoms in total. The first-order valence-corrected chi connectivity index (χ1v) is 12.4. The average molecular weight is 475 g/mol. The number of carbonyl (C=O) groups is 2. The molecular weight excluding hydrogens is 452 g/mol. The van der Waals surface area contributed by atoms with Gasteiger partial charge in [0, 0.05) is 34.8 Å².